The number of hydrogen-bond acceptors (Lipinski definition) is 4. The first kappa shape index (κ1) is 19.4. The van der Waals surface area contributed by atoms with Crippen molar-refractivity contribution in [3.8, 4) is 5.69 Å². The number of amides is 1. The number of rotatable bonds is 5. The molecule has 1 N–H and O–H groups in total. The first-order chi connectivity index (χ1) is 12.9. The molecule has 1 saturated heterocycles. The molecule has 146 valence electrons. The van der Waals surface area contributed by atoms with E-state index < -0.39 is 5.60 Å². The van der Waals surface area contributed by atoms with Crippen molar-refractivity contribution in [2.24, 2.45) is 0 Å². The average molecular weight is 370 g/mol. The van der Waals surface area contributed by atoms with Gasteiger partial charge in [-0.1, -0.05) is 24.6 Å². The predicted molar refractivity (Wildman–Crippen MR) is 106 cm³/mol. The number of likely N-dealkylation sites (tertiary alicyclic amines) is 1. The van der Waals surface area contributed by atoms with Crippen LogP contribution in [-0.4, -0.2) is 45.5 Å². The second-order valence-electron chi connectivity index (χ2n) is 8.13. The Hall–Kier alpha value is -2.34. The van der Waals surface area contributed by atoms with Gasteiger partial charge in [-0.05, 0) is 52.3 Å². The summed E-state index contributed by atoms with van der Waals surface area (Å²) in [7, 11) is 0. The van der Waals surface area contributed by atoms with Crippen molar-refractivity contribution in [1.82, 2.24) is 20.0 Å². The lowest BCUT2D eigenvalue weighted by atomic mass is 10.0. The van der Waals surface area contributed by atoms with Gasteiger partial charge in [0.25, 0.3) is 0 Å². The maximum atomic E-state index is 12.0. The summed E-state index contributed by atoms with van der Waals surface area (Å²) in [4.78, 5) is 14.4. The highest BCUT2D eigenvalue weighted by atomic mass is 16.6. The van der Waals surface area contributed by atoms with Crippen LogP contribution < -0.4 is 5.32 Å². The number of nitrogens with one attached hydrogen (secondary N) is 1. The van der Waals surface area contributed by atoms with Crippen molar-refractivity contribution >= 4 is 6.09 Å². The van der Waals surface area contributed by atoms with E-state index in [2.05, 4.69) is 21.5 Å². The highest BCUT2D eigenvalue weighted by Crippen LogP contribution is 2.20. The number of aromatic nitrogens is 2. The fourth-order valence-corrected chi connectivity index (χ4v) is 3.41. The van der Waals surface area contributed by atoms with E-state index >= 15 is 0 Å². The van der Waals surface area contributed by atoms with E-state index in [1.54, 1.807) is 0 Å². The lowest BCUT2D eigenvalue weighted by Gasteiger charge is -2.35. The van der Waals surface area contributed by atoms with Gasteiger partial charge in [-0.3, -0.25) is 4.90 Å². The minimum absolute atomic E-state index is 0.325. The monoisotopic (exact) mass is 370 g/mol. The molecule has 1 aromatic carbocycles. The number of carbonyl (C=O) groups excluding carboxylic acids is 1. The molecule has 2 aromatic rings. The first-order valence-corrected chi connectivity index (χ1v) is 9.70. The number of ether oxygens (including phenoxy) is 1. The third-order valence-corrected chi connectivity index (χ3v) is 4.67. The van der Waals surface area contributed by atoms with E-state index in [0.717, 1.165) is 25.2 Å². The summed E-state index contributed by atoms with van der Waals surface area (Å²) in [5.41, 5.74) is 1.77. The zero-order valence-electron chi connectivity index (χ0n) is 16.5. The minimum Gasteiger partial charge on any atom is -0.444 e. The molecule has 27 heavy (non-hydrogen) atoms. The minimum atomic E-state index is -0.470. The van der Waals surface area contributed by atoms with Crippen LogP contribution in [0.5, 0.6) is 0 Å². The van der Waals surface area contributed by atoms with Crippen LogP contribution in [0, 0.1) is 0 Å². The van der Waals surface area contributed by atoms with Crippen LogP contribution in [-0.2, 0) is 11.3 Å². The van der Waals surface area contributed by atoms with E-state index in [-0.39, 0.29) is 6.09 Å². The van der Waals surface area contributed by atoms with Crippen molar-refractivity contribution in [1.29, 1.82) is 0 Å². The molecule has 0 spiro atoms. The Morgan fingerprint density at radius 2 is 2.04 bits per heavy atom. The fraction of sp³-hybridized carbons (Fsp3) is 0.524. The van der Waals surface area contributed by atoms with Crippen molar-refractivity contribution in [2.75, 3.05) is 13.1 Å². The Bertz CT molecular complexity index is 736. The number of nitrogens with zero attached hydrogens (tertiary/aromatic N) is 3. The number of benzene rings is 1. The van der Waals surface area contributed by atoms with Crippen LogP contribution in [0.4, 0.5) is 4.79 Å². The van der Waals surface area contributed by atoms with Crippen molar-refractivity contribution in [3.63, 3.8) is 0 Å². The summed E-state index contributed by atoms with van der Waals surface area (Å²) in [6.45, 7) is 8.13. The Labute approximate surface area is 161 Å². The third-order valence-electron chi connectivity index (χ3n) is 4.67. The molecule has 0 saturated carbocycles. The van der Waals surface area contributed by atoms with Gasteiger partial charge < -0.3 is 10.1 Å². The largest absolute Gasteiger partial charge is 0.444 e. The van der Waals surface area contributed by atoms with Gasteiger partial charge in [0.05, 0.1) is 11.9 Å². The van der Waals surface area contributed by atoms with Crippen molar-refractivity contribution in [3.05, 3.63) is 48.3 Å². The van der Waals surface area contributed by atoms with Crippen LogP contribution in [0.15, 0.2) is 42.7 Å². The zero-order valence-corrected chi connectivity index (χ0v) is 16.5. The van der Waals surface area contributed by atoms with Crippen LogP contribution in [0.25, 0.3) is 5.69 Å². The SMILES string of the molecule is CC(C)(C)OC(=O)NCC1CCCCN1Cc1cnn(-c2ccccc2)c1. The molecule has 0 radical (unpaired) electrons. The molecule has 2 heterocycles. The summed E-state index contributed by atoms with van der Waals surface area (Å²) in [5, 5.41) is 7.42. The van der Waals surface area contributed by atoms with Gasteiger partial charge in [0.2, 0.25) is 0 Å². The van der Waals surface area contributed by atoms with Crippen molar-refractivity contribution < 1.29 is 9.53 Å². The molecule has 1 unspecified atom stereocenters. The lowest BCUT2D eigenvalue weighted by molar-refractivity contribution is 0.0492. The lowest BCUT2D eigenvalue weighted by Crippen LogP contribution is -2.47. The summed E-state index contributed by atoms with van der Waals surface area (Å²) in [5.74, 6) is 0. The summed E-state index contributed by atoms with van der Waals surface area (Å²) in [6, 6.07) is 10.5. The van der Waals surface area contributed by atoms with Gasteiger partial charge in [-0.2, -0.15) is 5.10 Å². The van der Waals surface area contributed by atoms with Gasteiger partial charge in [0.1, 0.15) is 5.60 Å². The van der Waals surface area contributed by atoms with Gasteiger partial charge in [-0.15, -0.1) is 0 Å². The van der Waals surface area contributed by atoms with E-state index in [1.807, 2.05) is 62.0 Å². The number of carbonyl (C=O) groups is 1. The summed E-state index contributed by atoms with van der Waals surface area (Å²) >= 11 is 0. The maximum absolute atomic E-state index is 12.0. The van der Waals surface area contributed by atoms with E-state index in [9.17, 15) is 4.79 Å². The zero-order chi connectivity index (χ0) is 19.3. The van der Waals surface area contributed by atoms with Gasteiger partial charge in [-0.25, -0.2) is 9.48 Å². The normalized spacial score (nSPS) is 18.3. The quantitative estimate of drug-likeness (QED) is 0.871. The highest BCUT2D eigenvalue weighted by molar-refractivity contribution is 5.67. The predicted octanol–water partition coefficient (Wildman–Crippen LogP) is 3.75. The summed E-state index contributed by atoms with van der Waals surface area (Å²) < 4.78 is 7.26. The van der Waals surface area contributed by atoms with Crippen LogP contribution in [0.3, 0.4) is 0 Å². The average Bonchev–Trinajstić information content (AvgIpc) is 3.09. The molecule has 0 aliphatic carbocycles. The number of alkyl carbamates (subject to hydrolysis) is 1. The van der Waals surface area contributed by atoms with E-state index in [1.165, 1.54) is 18.4 Å². The second-order valence-corrected chi connectivity index (χ2v) is 8.13. The first-order valence-electron chi connectivity index (χ1n) is 9.70. The van der Waals surface area contributed by atoms with Crippen LogP contribution in [0.1, 0.15) is 45.6 Å². The molecule has 1 atom stereocenters. The molecular formula is C21H30N4O2. The number of piperidine rings is 1. The molecular weight excluding hydrogens is 340 g/mol. The summed E-state index contributed by atoms with van der Waals surface area (Å²) in [6.07, 6.45) is 7.14. The van der Waals surface area contributed by atoms with E-state index in [0.29, 0.717) is 12.6 Å². The van der Waals surface area contributed by atoms with Crippen molar-refractivity contribution in [2.45, 2.75) is 58.2 Å². The fourth-order valence-electron chi connectivity index (χ4n) is 3.41. The molecule has 1 aliphatic heterocycles. The molecule has 6 nitrogen and oxygen atoms in total. The topological polar surface area (TPSA) is 59.4 Å². The van der Waals surface area contributed by atoms with Gasteiger partial charge in [0.15, 0.2) is 0 Å². The van der Waals surface area contributed by atoms with Crippen LogP contribution in [0.2, 0.25) is 0 Å². The maximum Gasteiger partial charge on any atom is 0.407 e. The Balaban J connectivity index is 1.58. The Kier molecular flexibility index (Phi) is 6.16. The van der Waals surface area contributed by atoms with Gasteiger partial charge >= 0.3 is 6.09 Å². The smallest absolute Gasteiger partial charge is 0.407 e. The Morgan fingerprint density at radius 3 is 2.78 bits per heavy atom. The second kappa shape index (κ2) is 8.57. The van der Waals surface area contributed by atoms with E-state index in [4.69, 9.17) is 4.74 Å². The molecule has 1 amide bonds. The van der Waals surface area contributed by atoms with Crippen LogP contribution >= 0.6 is 0 Å². The molecule has 6 heteroatoms. The molecule has 1 aliphatic rings. The Morgan fingerprint density at radius 1 is 1.26 bits per heavy atom. The molecule has 1 aromatic heterocycles. The number of hydrogen-bond donors (Lipinski definition) is 1. The standard InChI is InChI=1S/C21H30N4O2/c1-21(2,3)27-20(26)22-14-19-11-7-8-12-24(19)15-17-13-23-25(16-17)18-9-5-4-6-10-18/h4-6,9-10,13,16,19H,7-8,11-12,14-15H2,1-3H3,(H,22,26). The molecule has 0 bridgehead atoms. The molecule has 3 rings (SSSR count). The van der Waals surface area contributed by atoms with Gasteiger partial charge in [0, 0.05) is 30.9 Å². The molecule has 1 fully saturated rings. The number of para-hydroxylation sites is 1. The third kappa shape index (κ3) is 5.82. The highest BCUT2D eigenvalue weighted by Gasteiger charge is 2.24.